The molecule has 0 aliphatic carbocycles. The maximum absolute atomic E-state index is 12.3. The van der Waals surface area contributed by atoms with Gasteiger partial charge in [0, 0.05) is 17.9 Å². The highest BCUT2D eigenvalue weighted by Crippen LogP contribution is 2.30. The summed E-state index contributed by atoms with van der Waals surface area (Å²) >= 11 is 1.80. The summed E-state index contributed by atoms with van der Waals surface area (Å²) in [6, 6.07) is 5.27. The lowest BCUT2D eigenvalue weighted by Gasteiger charge is -2.21. The van der Waals surface area contributed by atoms with Crippen molar-refractivity contribution in [3.05, 3.63) is 23.8 Å². The van der Waals surface area contributed by atoms with Gasteiger partial charge in [-0.3, -0.25) is 4.79 Å². The molecule has 1 atom stereocenters. The molecule has 1 aliphatic heterocycles. The minimum Gasteiger partial charge on any atom is -0.493 e. The van der Waals surface area contributed by atoms with Crippen LogP contribution in [0.2, 0.25) is 0 Å². The number of methoxy groups -OCH3 is 2. The molecule has 18 heavy (non-hydrogen) atoms. The van der Waals surface area contributed by atoms with Crippen molar-refractivity contribution in [2.75, 3.05) is 26.5 Å². The van der Waals surface area contributed by atoms with Gasteiger partial charge in [-0.05, 0) is 25.1 Å². The second kappa shape index (κ2) is 5.52. The molecule has 0 radical (unpaired) electrons. The van der Waals surface area contributed by atoms with Crippen molar-refractivity contribution in [2.24, 2.45) is 0 Å². The Balaban J connectivity index is 2.25. The minimum absolute atomic E-state index is 0.0495. The summed E-state index contributed by atoms with van der Waals surface area (Å²) < 4.78 is 10.4. The van der Waals surface area contributed by atoms with E-state index >= 15 is 0 Å². The fourth-order valence-corrected chi connectivity index (χ4v) is 3.02. The molecular formula is C13H17NO3S. The zero-order chi connectivity index (χ0) is 13.1. The normalized spacial score (nSPS) is 18.8. The van der Waals surface area contributed by atoms with Crippen LogP contribution in [0.1, 0.15) is 17.3 Å². The van der Waals surface area contributed by atoms with Gasteiger partial charge in [0.2, 0.25) is 0 Å². The molecule has 1 aromatic carbocycles. The molecule has 0 N–H and O–H groups in total. The average molecular weight is 267 g/mol. The number of thioether (sulfide) groups is 1. The van der Waals surface area contributed by atoms with Crippen LogP contribution in [0.4, 0.5) is 0 Å². The second-order valence-corrected chi connectivity index (χ2v) is 5.46. The van der Waals surface area contributed by atoms with E-state index in [4.69, 9.17) is 9.47 Å². The van der Waals surface area contributed by atoms with Gasteiger partial charge in [-0.15, -0.1) is 11.8 Å². The molecule has 2 rings (SSSR count). The monoisotopic (exact) mass is 267 g/mol. The SMILES string of the molecule is COc1ccc(C(=O)N2CCSC2C)cc1OC. The molecule has 1 amide bonds. The van der Waals surface area contributed by atoms with Gasteiger partial charge in [0.05, 0.1) is 19.6 Å². The number of nitrogens with zero attached hydrogens (tertiary/aromatic N) is 1. The summed E-state index contributed by atoms with van der Waals surface area (Å²) in [6.45, 7) is 2.86. The molecule has 1 unspecified atom stereocenters. The predicted molar refractivity (Wildman–Crippen MR) is 72.5 cm³/mol. The van der Waals surface area contributed by atoms with Gasteiger partial charge in [0.25, 0.3) is 5.91 Å². The van der Waals surface area contributed by atoms with Crippen LogP contribution in [0, 0.1) is 0 Å². The van der Waals surface area contributed by atoms with E-state index in [1.807, 2.05) is 4.90 Å². The Hall–Kier alpha value is -1.36. The van der Waals surface area contributed by atoms with Crippen LogP contribution in [0.15, 0.2) is 18.2 Å². The lowest BCUT2D eigenvalue weighted by atomic mass is 10.1. The quantitative estimate of drug-likeness (QED) is 0.842. The summed E-state index contributed by atoms with van der Waals surface area (Å²) in [4.78, 5) is 14.2. The van der Waals surface area contributed by atoms with Gasteiger partial charge in [-0.25, -0.2) is 0 Å². The molecule has 1 aromatic rings. The third-order valence-electron chi connectivity index (χ3n) is 3.02. The first-order valence-electron chi connectivity index (χ1n) is 5.82. The van der Waals surface area contributed by atoms with Gasteiger partial charge in [0.1, 0.15) is 0 Å². The van der Waals surface area contributed by atoms with Crippen molar-refractivity contribution in [2.45, 2.75) is 12.3 Å². The highest BCUT2D eigenvalue weighted by molar-refractivity contribution is 8.00. The molecule has 0 saturated carbocycles. The number of amides is 1. The molecule has 1 heterocycles. The van der Waals surface area contributed by atoms with Gasteiger partial charge in [-0.1, -0.05) is 0 Å². The first-order chi connectivity index (χ1) is 8.67. The van der Waals surface area contributed by atoms with E-state index < -0.39 is 0 Å². The Bertz CT molecular complexity index is 450. The van der Waals surface area contributed by atoms with Crippen molar-refractivity contribution in [3.63, 3.8) is 0 Å². The minimum atomic E-state index is 0.0495. The number of hydrogen-bond donors (Lipinski definition) is 0. The zero-order valence-corrected chi connectivity index (χ0v) is 11.6. The Kier molecular flexibility index (Phi) is 4.01. The third-order valence-corrected chi connectivity index (χ3v) is 4.18. The number of carbonyl (C=O) groups is 1. The van der Waals surface area contributed by atoms with Crippen LogP contribution in [0.3, 0.4) is 0 Å². The third kappa shape index (κ3) is 2.41. The van der Waals surface area contributed by atoms with Crippen LogP contribution < -0.4 is 9.47 Å². The van der Waals surface area contributed by atoms with E-state index in [1.54, 1.807) is 44.2 Å². The molecular weight excluding hydrogens is 250 g/mol. The van der Waals surface area contributed by atoms with Gasteiger partial charge < -0.3 is 14.4 Å². The number of ether oxygens (including phenoxy) is 2. The van der Waals surface area contributed by atoms with E-state index in [1.165, 1.54) is 0 Å². The molecule has 0 spiro atoms. The van der Waals surface area contributed by atoms with Crippen LogP contribution in [-0.2, 0) is 0 Å². The first-order valence-corrected chi connectivity index (χ1v) is 6.87. The van der Waals surface area contributed by atoms with Crippen molar-refractivity contribution < 1.29 is 14.3 Å². The van der Waals surface area contributed by atoms with Crippen LogP contribution in [0.25, 0.3) is 0 Å². The summed E-state index contributed by atoms with van der Waals surface area (Å²) in [5, 5.41) is 0.241. The van der Waals surface area contributed by atoms with E-state index in [9.17, 15) is 4.79 Å². The van der Waals surface area contributed by atoms with Crippen molar-refractivity contribution in [3.8, 4) is 11.5 Å². The highest BCUT2D eigenvalue weighted by Gasteiger charge is 2.27. The molecule has 1 fully saturated rings. The number of carbonyl (C=O) groups excluding carboxylic acids is 1. The zero-order valence-electron chi connectivity index (χ0n) is 10.8. The van der Waals surface area contributed by atoms with Gasteiger partial charge in [0.15, 0.2) is 11.5 Å². The number of benzene rings is 1. The molecule has 0 bridgehead atoms. The fourth-order valence-electron chi connectivity index (χ4n) is 2.00. The maximum Gasteiger partial charge on any atom is 0.254 e. The average Bonchev–Trinajstić information content (AvgIpc) is 2.83. The second-order valence-electron chi connectivity index (χ2n) is 4.04. The smallest absolute Gasteiger partial charge is 0.254 e. The molecule has 98 valence electrons. The van der Waals surface area contributed by atoms with E-state index in [-0.39, 0.29) is 11.3 Å². The van der Waals surface area contributed by atoms with E-state index in [0.29, 0.717) is 17.1 Å². The molecule has 4 nitrogen and oxygen atoms in total. The summed E-state index contributed by atoms with van der Waals surface area (Å²) in [5.41, 5.74) is 0.641. The predicted octanol–water partition coefficient (Wildman–Crippen LogP) is 2.24. The molecule has 0 aromatic heterocycles. The highest BCUT2D eigenvalue weighted by atomic mass is 32.2. The summed E-state index contributed by atoms with van der Waals surface area (Å²) in [7, 11) is 3.15. The Morgan fingerprint density at radius 2 is 2.06 bits per heavy atom. The lowest BCUT2D eigenvalue weighted by Crippen LogP contribution is -2.33. The van der Waals surface area contributed by atoms with E-state index in [0.717, 1.165) is 12.3 Å². The van der Waals surface area contributed by atoms with Crippen molar-refractivity contribution in [1.29, 1.82) is 0 Å². The lowest BCUT2D eigenvalue weighted by molar-refractivity contribution is 0.0768. The van der Waals surface area contributed by atoms with Crippen LogP contribution in [0.5, 0.6) is 11.5 Å². The van der Waals surface area contributed by atoms with E-state index in [2.05, 4.69) is 6.92 Å². The first kappa shape index (κ1) is 13.1. The molecule has 5 heteroatoms. The molecule has 1 aliphatic rings. The largest absolute Gasteiger partial charge is 0.493 e. The van der Waals surface area contributed by atoms with Crippen molar-refractivity contribution >= 4 is 17.7 Å². The summed E-state index contributed by atoms with van der Waals surface area (Å²) in [5.74, 6) is 2.27. The maximum atomic E-state index is 12.3. The summed E-state index contributed by atoms with van der Waals surface area (Å²) in [6.07, 6.45) is 0. The van der Waals surface area contributed by atoms with Gasteiger partial charge >= 0.3 is 0 Å². The van der Waals surface area contributed by atoms with Gasteiger partial charge in [-0.2, -0.15) is 0 Å². The Morgan fingerprint density at radius 1 is 1.33 bits per heavy atom. The van der Waals surface area contributed by atoms with Crippen molar-refractivity contribution in [1.82, 2.24) is 4.90 Å². The number of rotatable bonds is 3. The Labute approximate surface area is 111 Å². The number of hydrogen-bond acceptors (Lipinski definition) is 4. The van der Waals surface area contributed by atoms with Crippen LogP contribution in [-0.4, -0.2) is 42.7 Å². The fraction of sp³-hybridized carbons (Fsp3) is 0.462. The Morgan fingerprint density at radius 3 is 2.61 bits per heavy atom. The molecule has 1 saturated heterocycles. The topological polar surface area (TPSA) is 38.8 Å². The standard InChI is InChI=1S/C13H17NO3S/c1-9-14(6-7-18-9)13(15)10-4-5-11(16-2)12(8-10)17-3/h4-5,8-9H,6-7H2,1-3H3. The van der Waals surface area contributed by atoms with Crippen LogP contribution >= 0.6 is 11.8 Å².